The van der Waals surface area contributed by atoms with Crippen LogP contribution in [0, 0.1) is 6.92 Å². The summed E-state index contributed by atoms with van der Waals surface area (Å²) < 4.78 is 5.75. The fourth-order valence-electron chi connectivity index (χ4n) is 1.66. The Kier molecular flexibility index (Phi) is 4.86. The molecule has 4 heteroatoms. The fourth-order valence-corrected chi connectivity index (χ4v) is 1.66. The van der Waals surface area contributed by atoms with Gasteiger partial charge in [0.1, 0.15) is 11.5 Å². The molecule has 19 heavy (non-hydrogen) atoms. The third kappa shape index (κ3) is 4.34. The van der Waals surface area contributed by atoms with Gasteiger partial charge in [-0.15, -0.1) is 0 Å². The molecule has 0 unspecified atom stereocenters. The summed E-state index contributed by atoms with van der Waals surface area (Å²) >= 11 is 0. The van der Waals surface area contributed by atoms with Gasteiger partial charge in [-0.25, -0.2) is 0 Å². The van der Waals surface area contributed by atoms with Gasteiger partial charge in [0, 0.05) is 24.5 Å². The van der Waals surface area contributed by atoms with E-state index >= 15 is 0 Å². The van der Waals surface area contributed by atoms with Crippen molar-refractivity contribution in [1.29, 1.82) is 0 Å². The lowest BCUT2D eigenvalue weighted by Gasteiger charge is -2.07. The molecular weight excluding hydrogens is 238 g/mol. The number of ether oxygens (including phenoxy) is 1. The second-order valence-corrected chi connectivity index (χ2v) is 4.40. The average Bonchev–Trinajstić information content (AvgIpc) is 2.42. The molecule has 0 saturated carbocycles. The van der Waals surface area contributed by atoms with E-state index in [0.717, 1.165) is 42.4 Å². The molecule has 1 N–H and O–H groups in total. The van der Waals surface area contributed by atoms with Crippen LogP contribution < -0.4 is 10.1 Å². The fraction of sp³-hybridized carbons (Fsp3) is 0.333. The Balaban J connectivity index is 2.00. The Bertz CT molecular complexity index is 511. The van der Waals surface area contributed by atoms with Crippen molar-refractivity contribution in [3.63, 3.8) is 0 Å². The number of nitrogens with one attached hydrogen (secondary N) is 1. The van der Waals surface area contributed by atoms with E-state index in [1.165, 1.54) is 0 Å². The van der Waals surface area contributed by atoms with E-state index in [2.05, 4.69) is 22.2 Å². The number of pyridine rings is 2. The summed E-state index contributed by atoms with van der Waals surface area (Å²) in [5, 5.41) is 3.32. The quantitative estimate of drug-likeness (QED) is 0.808. The zero-order valence-electron chi connectivity index (χ0n) is 11.4. The van der Waals surface area contributed by atoms with Gasteiger partial charge < -0.3 is 10.1 Å². The number of rotatable bonds is 6. The highest BCUT2D eigenvalue weighted by molar-refractivity contribution is 5.30. The third-order valence-corrected chi connectivity index (χ3v) is 2.64. The average molecular weight is 257 g/mol. The number of hydrogen-bond acceptors (Lipinski definition) is 4. The minimum atomic E-state index is 0.740. The minimum absolute atomic E-state index is 0.740. The van der Waals surface area contributed by atoms with E-state index in [9.17, 15) is 0 Å². The molecule has 0 aliphatic rings. The summed E-state index contributed by atoms with van der Waals surface area (Å²) in [6, 6.07) is 7.64. The van der Waals surface area contributed by atoms with E-state index in [-0.39, 0.29) is 0 Å². The molecule has 0 atom stereocenters. The maximum absolute atomic E-state index is 5.75. The third-order valence-electron chi connectivity index (χ3n) is 2.64. The highest BCUT2D eigenvalue weighted by Crippen LogP contribution is 2.20. The molecule has 4 nitrogen and oxygen atoms in total. The maximum atomic E-state index is 5.75. The van der Waals surface area contributed by atoms with E-state index in [1.54, 1.807) is 12.4 Å². The van der Waals surface area contributed by atoms with Gasteiger partial charge >= 0.3 is 0 Å². The minimum Gasteiger partial charge on any atom is -0.456 e. The molecule has 0 amide bonds. The van der Waals surface area contributed by atoms with Crippen LogP contribution in [-0.4, -0.2) is 16.5 Å². The highest BCUT2D eigenvalue weighted by Gasteiger charge is 2.00. The number of nitrogens with zero attached hydrogens (tertiary/aromatic N) is 2. The van der Waals surface area contributed by atoms with Crippen LogP contribution in [0.2, 0.25) is 0 Å². The van der Waals surface area contributed by atoms with Gasteiger partial charge in [-0.2, -0.15) is 0 Å². The number of aryl methyl sites for hydroxylation is 1. The van der Waals surface area contributed by atoms with E-state index < -0.39 is 0 Å². The zero-order chi connectivity index (χ0) is 13.5. The first kappa shape index (κ1) is 13.5. The molecule has 2 aromatic rings. The molecule has 2 heterocycles. The van der Waals surface area contributed by atoms with Crippen molar-refractivity contribution in [2.75, 3.05) is 6.54 Å². The molecule has 0 aliphatic heterocycles. The smallest absolute Gasteiger partial charge is 0.145 e. The van der Waals surface area contributed by atoms with Crippen LogP contribution in [0.15, 0.2) is 36.7 Å². The standard InChI is InChI=1S/C15H19N3O/c1-3-7-16-10-13-9-14(6-8-17-13)19-15-5-4-12(2)18-11-15/h4-6,8-9,11,16H,3,7,10H2,1-2H3. The Morgan fingerprint density at radius 1 is 1.16 bits per heavy atom. The van der Waals surface area contributed by atoms with Crippen molar-refractivity contribution in [2.24, 2.45) is 0 Å². The Labute approximate surface area is 113 Å². The largest absolute Gasteiger partial charge is 0.456 e. The second kappa shape index (κ2) is 6.85. The van der Waals surface area contributed by atoms with Crippen LogP contribution in [-0.2, 0) is 6.54 Å². The molecule has 100 valence electrons. The van der Waals surface area contributed by atoms with Crippen molar-refractivity contribution in [3.05, 3.63) is 48.0 Å². The predicted octanol–water partition coefficient (Wildman–Crippen LogP) is 3.08. The monoisotopic (exact) mass is 257 g/mol. The Hall–Kier alpha value is -1.94. The topological polar surface area (TPSA) is 47.0 Å². The van der Waals surface area contributed by atoms with Crippen LogP contribution in [0.3, 0.4) is 0 Å². The molecule has 2 rings (SSSR count). The molecule has 2 aromatic heterocycles. The van der Waals surface area contributed by atoms with Crippen LogP contribution in [0.5, 0.6) is 11.5 Å². The van der Waals surface area contributed by atoms with Crippen molar-refractivity contribution in [3.8, 4) is 11.5 Å². The summed E-state index contributed by atoms with van der Waals surface area (Å²) in [7, 11) is 0. The molecule has 0 radical (unpaired) electrons. The van der Waals surface area contributed by atoms with Gasteiger partial charge in [-0.3, -0.25) is 9.97 Å². The first-order chi connectivity index (χ1) is 9.28. The van der Waals surface area contributed by atoms with Crippen molar-refractivity contribution in [1.82, 2.24) is 15.3 Å². The normalized spacial score (nSPS) is 10.4. The number of aromatic nitrogens is 2. The van der Waals surface area contributed by atoms with Crippen LogP contribution in [0.1, 0.15) is 24.7 Å². The highest BCUT2D eigenvalue weighted by atomic mass is 16.5. The zero-order valence-corrected chi connectivity index (χ0v) is 11.4. The summed E-state index contributed by atoms with van der Waals surface area (Å²) in [6.07, 6.45) is 4.61. The molecule has 0 fully saturated rings. The van der Waals surface area contributed by atoms with Gasteiger partial charge in [0.25, 0.3) is 0 Å². The van der Waals surface area contributed by atoms with Crippen molar-refractivity contribution in [2.45, 2.75) is 26.8 Å². The van der Waals surface area contributed by atoms with Gasteiger partial charge in [-0.05, 0) is 38.1 Å². The molecule has 0 aromatic carbocycles. The molecule has 0 bridgehead atoms. The maximum Gasteiger partial charge on any atom is 0.145 e. The molecular formula is C15H19N3O. The van der Waals surface area contributed by atoms with Gasteiger partial charge in [-0.1, -0.05) is 6.92 Å². The lowest BCUT2D eigenvalue weighted by molar-refractivity contribution is 0.477. The van der Waals surface area contributed by atoms with Gasteiger partial charge in [0.15, 0.2) is 0 Å². The Morgan fingerprint density at radius 2 is 2.05 bits per heavy atom. The predicted molar refractivity (Wildman–Crippen MR) is 75.3 cm³/mol. The summed E-state index contributed by atoms with van der Waals surface area (Å²) in [5.41, 5.74) is 1.96. The molecule has 0 saturated heterocycles. The van der Waals surface area contributed by atoms with Crippen molar-refractivity contribution < 1.29 is 4.74 Å². The van der Waals surface area contributed by atoms with Crippen LogP contribution in [0.25, 0.3) is 0 Å². The SMILES string of the molecule is CCCNCc1cc(Oc2ccc(C)nc2)ccn1. The summed E-state index contributed by atoms with van der Waals surface area (Å²) in [5.74, 6) is 1.53. The van der Waals surface area contributed by atoms with Crippen LogP contribution in [0.4, 0.5) is 0 Å². The molecule has 0 aliphatic carbocycles. The lowest BCUT2D eigenvalue weighted by Crippen LogP contribution is -2.14. The van der Waals surface area contributed by atoms with E-state index in [4.69, 9.17) is 4.74 Å². The van der Waals surface area contributed by atoms with Gasteiger partial charge in [0.05, 0.1) is 11.9 Å². The van der Waals surface area contributed by atoms with Crippen molar-refractivity contribution >= 4 is 0 Å². The Morgan fingerprint density at radius 3 is 2.79 bits per heavy atom. The van der Waals surface area contributed by atoms with E-state index in [0.29, 0.717) is 0 Å². The molecule has 0 spiro atoms. The first-order valence-electron chi connectivity index (χ1n) is 6.54. The van der Waals surface area contributed by atoms with Crippen LogP contribution >= 0.6 is 0 Å². The van der Waals surface area contributed by atoms with E-state index in [1.807, 2.05) is 31.2 Å². The summed E-state index contributed by atoms with van der Waals surface area (Å²) in [4.78, 5) is 8.51. The first-order valence-corrected chi connectivity index (χ1v) is 6.54. The number of hydrogen-bond donors (Lipinski definition) is 1. The lowest BCUT2D eigenvalue weighted by atomic mass is 10.3. The second-order valence-electron chi connectivity index (χ2n) is 4.40. The summed E-state index contributed by atoms with van der Waals surface area (Å²) in [6.45, 7) is 5.85. The van der Waals surface area contributed by atoms with Gasteiger partial charge in [0.2, 0.25) is 0 Å².